The molecule has 5 heteroatoms. The molecule has 1 fully saturated rings. The molecule has 0 aliphatic carbocycles. The van der Waals surface area contributed by atoms with Gasteiger partial charge in [-0.05, 0) is 26.2 Å². The molecular weight excluding hydrogens is 214 g/mol. The van der Waals surface area contributed by atoms with Crippen LogP contribution in [0.1, 0.15) is 25.1 Å². The lowest BCUT2D eigenvalue weighted by molar-refractivity contribution is 0.574. The van der Waals surface area contributed by atoms with Crippen LogP contribution in [-0.2, 0) is 7.05 Å². The summed E-state index contributed by atoms with van der Waals surface area (Å²) < 4.78 is 1.82. The van der Waals surface area contributed by atoms with Crippen LogP contribution in [0.5, 0.6) is 0 Å². The molecule has 0 radical (unpaired) electrons. The quantitative estimate of drug-likeness (QED) is 0.749. The van der Waals surface area contributed by atoms with E-state index in [0.717, 1.165) is 35.8 Å². The summed E-state index contributed by atoms with van der Waals surface area (Å²) >= 11 is 0. The third-order valence-electron chi connectivity index (χ3n) is 3.34. The van der Waals surface area contributed by atoms with Crippen molar-refractivity contribution >= 4 is 16.9 Å². The molecule has 0 spiro atoms. The lowest BCUT2D eigenvalue weighted by Crippen LogP contribution is -2.30. The Hall–Kier alpha value is -1.65. The molecule has 0 aromatic carbocycles. The second kappa shape index (κ2) is 3.98. The van der Waals surface area contributed by atoms with E-state index in [4.69, 9.17) is 0 Å². The molecule has 0 atom stereocenters. The molecular formula is C12H17N5. The number of piperidine rings is 1. The van der Waals surface area contributed by atoms with Gasteiger partial charge in [-0.15, -0.1) is 0 Å². The van der Waals surface area contributed by atoms with Crippen molar-refractivity contribution in [2.75, 3.05) is 18.0 Å². The molecule has 0 saturated carbocycles. The Kier molecular flexibility index (Phi) is 2.46. The minimum atomic E-state index is 0.821. The van der Waals surface area contributed by atoms with E-state index >= 15 is 0 Å². The smallest absolute Gasteiger partial charge is 0.163 e. The normalized spacial score (nSPS) is 16.7. The van der Waals surface area contributed by atoms with Crippen molar-refractivity contribution in [2.24, 2.45) is 7.05 Å². The van der Waals surface area contributed by atoms with Gasteiger partial charge in [0.05, 0.1) is 11.6 Å². The zero-order valence-electron chi connectivity index (χ0n) is 10.3. The molecule has 90 valence electrons. The summed E-state index contributed by atoms with van der Waals surface area (Å²) in [4.78, 5) is 11.4. The van der Waals surface area contributed by atoms with Crippen molar-refractivity contribution in [2.45, 2.75) is 26.2 Å². The van der Waals surface area contributed by atoms with Crippen molar-refractivity contribution in [3.8, 4) is 0 Å². The summed E-state index contributed by atoms with van der Waals surface area (Å²) in [6.07, 6.45) is 5.71. The van der Waals surface area contributed by atoms with Crippen molar-refractivity contribution in [3.63, 3.8) is 0 Å². The Labute approximate surface area is 100 Å². The predicted octanol–water partition coefficient (Wildman–Crippen LogP) is 1.66. The first-order valence-electron chi connectivity index (χ1n) is 6.17. The van der Waals surface area contributed by atoms with Crippen molar-refractivity contribution in [1.29, 1.82) is 0 Å². The standard InChI is InChI=1S/C12H17N5/c1-9-14-11-10(8-13-16(11)2)12(15-9)17-6-4-3-5-7-17/h8H,3-7H2,1-2H3. The third kappa shape index (κ3) is 1.75. The Morgan fingerprint density at radius 3 is 2.65 bits per heavy atom. The van der Waals surface area contributed by atoms with Crippen LogP contribution in [0.3, 0.4) is 0 Å². The number of aryl methyl sites for hydroxylation is 2. The zero-order chi connectivity index (χ0) is 11.8. The molecule has 5 nitrogen and oxygen atoms in total. The molecule has 3 heterocycles. The van der Waals surface area contributed by atoms with Crippen LogP contribution in [0.25, 0.3) is 11.0 Å². The highest BCUT2D eigenvalue weighted by atomic mass is 15.3. The van der Waals surface area contributed by atoms with Crippen LogP contribution in [0.15, 0.2) is 6.20 Å². The highest BCUT2D eigenvalue weighted by Crippen LogP contribution is 2.25. The average Bonchev–Trinajstić information content (AvgIpc) is 2.72. The van der Waals surface area contributed by atoms with Gasteiger partial charge in [0.2, 0.25) is 0 Å². The molecule has 2 aromatic heterocycles. The monoisotopic (exact) mass is 231 g/mol. The van der Waals surface area contributed by atoms with Crippen LogP contribution in [0.2, 0.25) is 0 Å². The van der Waals surface area contributed by atoms with Crippen molar-refractivity contribution in [3.05, 3.63) is 12.0 Å². The van der Waals surface area contributed by atoms with E-state index in [-0.39, 0.29) is 0 Å². The van der Waals surface area contributed by atoms with Crippen LogP contribution < -0.4 is 4.90 Å². The number of hydrogen-bond acceptors (Lipinski definition) is 4. The molecule has 17 heavy (non-hydrogen) atoms. The second-order valence-electron chi connectivity index (χ2n) is 4.65. The highest BCUT2D eigenvalue weighted by molar-refractivity contribution is 5.86. The molecule has 0 amide bonds. The molecule has 0 N–H and O–H groups in total. The molecule has 2 aromatic rings. The zero-order valence-corrected chi connectivity index (χ0v) is 10.3. The highest BCUT2D eigenvalue weighted by Gasteiger charge is 2.17. The van der Waals surface area contributed by atoms with E-state index in [0.29, 0.717) is 0 Å². The molecule has 0 bridgehead atoms. The first-order valence-corrected chi connectivity index (χ1v) is 6.17. The summed E-state index contributed by atoms with van der Waals surface area (Å²) in [5, 5.41) is 5.35. The van der Waals surface area contributed by atoms with E-state index in [9.17, 15) is 0 Å². The summed E-state index contributed by atoms with van der Waals surface area (Å²) in [7, 11) is 1.93. The van der Waals surface area contributed by atoms with Gasteiger partial charge < -0.3 is 4.90 Å². The van der Waals surface area contributed by atoms with E-state index in [1.54, 1.807) is 0 Å². The van der Waals surface area contributed by atoms with Gasteiger partial charge >= 0.3 is 0 Å². The summed E-state index contributed by atoms with van der Waals surface area (Å²) in [6.45, 7) is 4.14. The topological polar surface area (TPSA) is 46.8 Å². The Bertz CT molecular complexity index is 539. The molecule has 0 unspecified atom stereocenters. The van der Waals surface area contributed by atoms with Gasteiger partial charge in [0.15, 0.2) is 5.65 Å². The number of nitrogens with zero attached hydrogens (tertiary/aromatic N) is 5. The van der Waals surface area contributed by atoms with Crippen LogP contribution in [0, 0.1) is 6.92 Å². The minimum absolute atomic E-state index is 0.821. The maximum atomic E-state index is 4.60. The average molecular weight is 231 g/mol. The summed E-state index contributed by atoms with van der Waals surface area (Å²) in [5.74, 6) is 1.88. The molecule has 1 aliphatic rings. The number of anilines is 1. The van der Waals surface area contributed by atoms with Gasteiger partial charge in [0, 0.05) is 20.1 Å². The SMILES string of the molecule is Cc1nc(N2CCCCC2)c2cnn(C)c2n1. The van der Waals surface area contributed by atoms with E-state index in [1.165, 1.54) is 19.3 Å². The first kappa shape index (κ1) is 10.5. The number of hydrogen-bond donors (Lipinski definition) is 0. The minimum Gasteiger partial charge on any atom is -0.356 e. The summed E-state index contributed by atoms with van der Waals surface area (Å²) in [6, 6.07) is 0. The third-order valence-corrected chi connectivity index (χ3v) is 3.34. The van der Waals surface area contributed by atoms with E-state index in [1.807, 2.05) is 24.9 Å². The Morgan fingerprint density at radius 1 is 1.12 bits per heavy atom. The lowest BCUT2D eigenvalue weighted by Gasteiger charge is -2.28. The second-order valence-corrected chi connectivity index (χ2v) is 4.65. The van der Waals surface area contributed by atoms with Gasteiger partial charge in [-0.1, -0.05) is 0 Å². The van der Waals surface area contributed by atoms with E-state index < -0.39 is 0 Å². The van der Waals surface area contributed by atoms with Crippen molar-refractivity contribution in [1.82, 2.24) is 19.7 Å². The van der Waals surface area contributed by atoms with Crippen LogP contribution >= 0.6 is 0 Å². The molecule has 3 rings (SSSR count). The van der Waals surface area contributed by atoms with Gasteiger partial charge in [0.25, 0.3) is 0 Å². The molecule has 1 saturated heterocycles. The van der Waals surface area contributed by atoms with Crippen molar-refractivity contribution < 1.29 is 0 Å². The van der Waals surface area contributed by atoms with Gasteiger partial charge in [-0.2, -0.15) is 5.10 Å². The predicted molar refractivity (Wildman–Crippen MR) is 67.1 cm³/mol. The Morgan fingerprint density at radius 2 is 1.88 bits per heavy atom. The molecule has 1 aliphatic heterocycles. The maximum absolute atomic E-state index is 4.60. The fourth-order valence-corrected chi connectivity index (χ4v) is 2.46. The van der Waals surface area contributed by atoms with Gasteiger partial charge in [-0.25, -0.2) is 9.97 Å². The van der Waals surface area contributed by atoms with Crippen LogP contribution in [0.4, 0.5) is 5.82 Å². The fraction of sp³-hybridized carbons (Fsp3) is 0.583. The largest absolute Gasteiger partial charge is 0.356 e. The fourth-order valence-electron chi connectivity index (χ4n) is 2.46. The Balaban J connectivity index is 2.13. The summed E-state index contributed by atoms with van der Waals surface area (Å²) in [5.41, 5.74) is 0.929. The lowest BCUT2D eigenvalue weighted by atomic mass is 10.1. The number of aromatic nitrogens is 4. The maximum Gasteiger partial charge on any atom is 0.163 e. The van der Waals surface area contributed by atoms with Gasteiger partial charge in [0.1, 0.15) is 11.6 Å². The van der Waals surface area contributed by atoms with E-state index in [2.05, 4.69) is 20.0 Å². The van der Waals surface area contributed by atoms with Gasteiger partial charge in [-0.3, -0.25) is 4.68 Å². The van der Waals surface area contributed by atoms with Crippen LogP contribution in [-0.4, -0.2) is 32.8 Å². The first-order chi connectivity index (χ1) is 8.25. The number of rotatable bonds is 1. The number of fused-ring (bicyclic) bond motifs is 1.